The van der Waals surface area contributed by atoms with Gasteiger partial charge in [0.05, 0.1) is 12.5 Å². The van der Waals surface area contributed by atoms with E-state index in [0.29, 0.717) is 26.1 Å². The molecule has 2 aromatic rings. The molecule has 1 fully saturated rings. The van der Waals surface area contributed by atoms with Crippen LogP contribution in [0.1, 0.15) is 42.9 Å². The van der Waals surface area contributed by atoms with E-state index in [1.807, 2.05) is 18.2 Å². The Morgan fingerprint density at radius 1 is 1.14 bits per heavy atom. The van der Waals surface area contributed by atoms with Crippen LogP contribution in [-0.4, -0.2) is 44.6 Å². The van der Waals surface area contributed by atoms with Crippen molar-refractivity contribution in [1.29, 1.82) is 0 Å². The second kappa shape index (κ2) is 8.54. The summed E-state index contributed by atoms with van der Waals surface area (Å²) in [7, 11) is 0. The van der Waals surface area contributed by atoms with Crippen LogP contribution < -0.4 is 5.32 Å². The molecule has 4 rings (SSSR count). The summed E-state index contributed by atoms with van der Waals surface area (Å²) in [6.45, 7) is 2.45. The minimum Gasteiger partial charge on any atom is -0.348 e. The zero-order valence-corrected chi connectivity index (χ0v) is 16.1. The first kappa shape index (κ1) is 18.7. The molecular formula is C21H27N5O2. The van der Waals surface area contributed by atoms with Crippen LogP contribution in [0.4, 0.5) is 0 Å². The number of carbonyl (C=O) groups excluding carboxylic acids is 2. The van der Waals surface area contributed by atoms with Crippen molar-refractivity contribution in [1.82, 2.24) is 25.0 Å². The molecule has 2 amide bonds. The van der Waals surface area contributed by atoms with Gasteiger partial charge in [0, 0.05) is 32.5 Å². The van der Waals surface area contributed by atoms with Crippen molar-refractivity contribution >= 4 is 11.8 Å². The largest absolute Gasteiger partial charge is 0.348 e. The molecule has 1 atom stereocenters. The van der Waals surface area contributed by atoms with Crippen molar-refractivity contribution < 1.29 is 9.59 Å². The highest BCUT2D eigenvalue weighted by Gasteiger charge is 2.34. The molecule has 0 radical (unpaired) electrons. The topological polar surface area (TPSA) is 80.1 Å². The van der Waals surface area contributed by atoms with Gasteiger partial charge in [0.15, 0.2) is 5.82 Å². The average Bonchev–Trinajstić information content (AvgIpc) is 3.19. The van der Waals surface area contributed by atoms with Crippen molar-refractivity contribution in [3.63, 3.8) is 0 Å². The quantitative estimate of drug-likeness (QED) is 0.826. The molecule has 0 bridgehead atoms. The van der Waals surface area contributed by atoms with Crippen molar-refractivity contribution in [3.05, 3.63) is 47.5 Å². The molecule has 3 heterocycles. The molecule has 2 aliphatic heterocycles. The summed E-state index contributed by atoms with van der Waals surface area (Å²) < 4.78 is 2.14. The van der Waals surface area contributed by atoms with Crippen molar-refractivity contribution in [2.75, 3.05) is 13.1 Å². The maximum Gasteiger partial charge on any atom is 0.225 e. The average molecular weight is 381 g/mol. The van der Waals surface area contributed by atoms with Gasteiger partial charge >= 0.3 is 0 Å². The first-order chi connectivity index (χ1) is 13.7. The number of hydrogen-bond donors (Lipinski definition) is 1. The molecule has 28 heavy (non-hydrogen) atoms. The Labute approximate surface area is 165 Å². The van der Waals surface area contributed by atoms with Crippen LogP contribution in [0, 0.1) is 5.92 Å². The fourth-order valence-corrected chi connectivity index (χ4v) is 4.06. The molecule has 0 saturated carbocycles. The van der Waals surface area contributed by atoms with Gasteiger partial charge < -0.3 is 14.8 Å². The monoisotopic (exact) mass is 381 g/mol. The molecule has 1 aromatic heterocycles. The first-order valence-corrected chi connectivity index (χ1v) is 10.2. The number of rotatable bonds is 6. The number of benzene rings is 1. The number of fused-ring (bicyclic) bond motifs is 1. The van der Waals surface area contributed by atoms with E-state index in [1.54, 1.807) is 4.90 Å². The predicted molar refractivity (Wildman–Crippen MR) is 104 cm³/mol. The van der Waals surface area contributed by atoms with E-state index in [2.05, 4.69) is 32.2 Å². The van der Waals surface area contributed by atoms with E-state index < -0.39 is 0 Å². The lowest BCUT2D eigenvalue weighted by atomic mass is 10.1. The molecule has 0 aliphatic carbocycles. The van der Waals surface area contributed by atoms with E-state index in [9.17, 15) is 9.59 Å². The maximum absolute atomic E-state index is 12.6. The zero-order valence-electron chi connectivity index (χ0n) is 16.1. The molecule has 1 saturated heterocycles. The summed E-state index contributed by atoms with van der Waals surface area (Å²) in [5.41, 5.74) is 1.20. The van der Waals surface area contributed by atoms with Crippen LogP contribution in [0.5, 0.6) is 0 Å². The summed E-state index contributed by atoms with van der Waals surface area (Å²) in [6.07, 6.45) is 5.53. The SMILES string of the molecule is O=C(NCc1nnc2n1CCCCC2)C1CC(=O)N(CCc2ccccc2)C1. The number of carbonyl (C=O) groups is 2. The Balaban J connectivity index is 1.28. The van der Waals surface area contributed by atoms with Crippen molar-refractivity contribution in [2.24, 2.45) is 5.92 Å². The third-order valence-electron chi connectivity index (χ3n) is 5.71. The maximum atomic E-state index is 12.6. The Hall–Kier alpha value is -2.70. The zero-order chi connectivity index (χ0) is 19.3. The number of nitrogens with one attached hydrogen (secondary N) is 1. The van der Waals surface area contributed by atoms with E-state index in [4.69, 9.17) is 0 Å². The standard InChI is InChI=1S/C21H27N5O2/c27-20-13-17(15-25(20)12-10-16-7-3-1-4-8-16)21(28)22-14-19-24-23-18-9-5-2-6-11-26(18)19/h1,3-4,7-8,17H,2,5-6,9-15H2,(H,22,28). The molecular weight excluding hydrogens is 354 g/mol. The molecule has 148 valence electrons. The highest BCUT2D eigenvalue weighted by Crippen LogP contribution is 2.19. The molecule has 2 aliphatic rings. The van der Waals surface area contributed by atoms with Gasteiger partial charge in [-0.15, -0.1) is 10.2 Å². The number of amides is 2. The lowest BCUT2D eigenvalue weighted by Gasteiger charge is -2.16. The van der Waals surface area contributed by atoms with Gasteiger partial charge in [0.2, 0.25) is 11.8 Å². The third-order valence-corrected chi connectivity index (χ3v) is 5.71. The minimum absolute atomic E-state index is 0.0624. The second-order valence-electron chi connectivity index (χ2n) is 7.69. The van der Waals surface area contributed by atoms with E-state index in [1.165, 1.54) is 12.0 Å². The second-order valence-corrected chi connectivity index (χ2v) is 7.69. The van der Waals surface area contributed by atoms with E-state index in [-0.39, 0.29) is 17.7 Å². The Bertz CT molecular complexity index is 833. The van der Waals surface area contributed by atoms with Gasteiger partial charge in [0.25, 0.3) is 0 Å². The Morgan fingerprint density at radius 2 is 2.00 bits per heavy atom. The molecule has 7 heteroatoms. The van der Waals surface area contributed by atoms with Crippen LogP contribution in [0.15, 0.2) is 30.3 Å². The number of nitrogens with zero attached hydrogens (tertiary/aromatic N) is 4. The van der Waals surface area contributed by atoms with Crippen molar-refractivity contribution in [3.8, 4) is 0 Å². The summed E-state index contributed by atoms with van der Waals surface area (Å²) in [5, 5.41) is 11.5. The molecule has 1 unspecified atom stereocenters. The van der Waals surface area contributed by atoms with Gasteiger partial charge in [-0.25, -0.2) is 0 Å². The molecule has 1 N–H and O–H groups in total. The van der Waals surface area contributed by atoms with Crippen LogP contribution in [0.2, 0.25) is 0 Å². The highest BCUT2D eigenvalue weighted by atomic mass is 16.2. The summed E-state index contributed by atoms with van der Waals surface area (Å²) in [4.78, 5) is 26.7. The van der Waals surface area contributed by atoms with Gasteiger partial charge in [-0.3, -0.25) is 9.59 Å². The lowest BCUT2D eigenvalue weighted by Crippen LogP contribution is -2.34. The van der Waals surface area contributed by atoms with Crippen molar-refractivity contribution in [2.45, 2.75) is 51.6 Å². The number of hydrogen-bond acceptors (Lipinski definition) is 4. The van der Waals surface area contributed by atoms with Gasteiger partial charge in [-0.1, -0.05) is 36.8 Å². The van der Waals surface area contributed by atoms with Crippen LogP contribution in [0.25, 0.3) is 0 Å². The smallest absolute Gasteiger partial charge is 0.225 e. The number of likely N-dealkylation sites (tertiary alicyclic amines) is 1. The van der Waals surface area contributed by atoms with Gasteiger partial charge in [0.1, 0.15) is 5.82 Å². The van der Waals surface area contributed by atoms with Crippen LogP contribution in [-0.2, 0) is 35.5 Å². The highest BCUT2D eigenvalue weighted by molar-refractivity contribution is 5.89. The van der Waals surface area contributed by atoms with Crippen LogP contribution in [0.3, 0.4) is 0 Å². The van der Waals surface area contributed by atoms with Crippen LogP contribution >= 0.6 is 0 Å². The number of aryl methyl sites for hydroxylation is 1. The molecule has 1 aromatic carbocycles. The summed E-state index contributed by atoms with van der Waals surface area (Å²) in [6, 6.07) is 10.1. The summed E-state index contributed by atoms with van der Waals surface area (Å²) in [5.74, 6) is 1.55. The van der Waals surface area contributed by atoms with E-state index in [0.717, 1.165) is 43.9 Å². The molecule has 7 nitrogen and oxygen atoms in total. The number of aromatic nitrogens is 3. The third kappa shape index (κ3) is 4.24. The summed E-state index contributed by atoms with van der Waals surface area (Å²) >= 11 is 0. The fraction of sp³-hybridized carbons (Fsp3) is 0.524. The van der Waals surface area contributed by atoms with Gasteiger partial charge in [-0.2, -0.15) is 0 Å². The normalized spacial score (nSPS) is 19.4. The lowest BCUT2D eigenvalue weighted by molar-refractivity contribution is -0.129. The van der Waals surface area contributed by atoms with Gasteiger partial charge in [-0.05, 0) is 24.8 Å². The fourth-order valence-electron chi connectivity index (χ4n) is 4.06. The van der Waals surface area contributed by atoms with E-state index >= 15 is 0 Å². The predicted octanol–water partition coefficient (Wildman–Crippen LogP) is 1.71. The molecule has 0 spiro atoms. The Morgan fingerprint density at radius 3 is 2.86 bits per heavy atom. The first-order valence-electron chi connectivity index (χ1n) is 10.2. The minimum atomic E-state index is -0.283. The Kier molecular flexibility index (Phi) is 5.69.